The highest BCUT2D eigenvalue weighted by Gasteiger charge is 1.99. The van der Waals surface area contributed by atoms with Crippen molar-refractivity contribution in [2.75, 3.05) is 5.73 Å². The summed E-state index contributed by atoms with van der Waals surface area (Å²) in [7, 11) is 0. The van der Waals surface area contributed by atoms with E-state index in [9.17, 15) is 4.79 Å². The molecule has 0 aliphatic rings. The van der Waals surface area contributed by atoms with Crippen molar-refractivity contribution in [1.82, 2.24) is 9.78 Å². The molecule has 0 saturated carbocycles. The maximum absolute atomic E-state index is 10.1. The average Bonchev–Trinajstić information content (AvgIpc) is 2.14. The molecule has 1 aromatic heterocycles. The number of aromatic nitrogens is 2. The number of anilines is 1. The summed E-state index contributed by atoms with van der Waals surface area (Å²) in [6, 6.07) is 0. The maximum Gasteiger partial charge on any atom is 0.432 e. The van der Waals surface area contributed by atoms with Crippen molar-refractivity contribution in [3.05, 3.63) is 12.4 Å². The Labute approximate surface area is 50.7 Å². The second-order valence-electron chi connectivity index (χ2n) is 1.50. The van der Waals surface area contributed by atoms with E-state index in [-0.39, 0.29) is 0 Å². The molecule has 0 aliphatic carbocycles. The van der Waals surface area contributed by atoms with Crippen LogP contribution in [0.2, 0.25) is 0 Å². The first-order valence-corrected chi connectivity index (χ1v) is 2.23. The number of hydrogen-bond acceptors (Lipinski definition) is 3. The smallest absolute Gasteiger partial charge is 0.432 e. The molecule has 1 heterocycles. The Morgan fingerprint density at radius 3 is 2.78 bits per heavy atom. The fourth-order valence-corrected chi connectivity index (χ4v) is 0.441. The van der Waals surface area contributed by atoms with Gasteiger partial charge in [-0.15, -0.1) is 0 Å². The van der Waals surface area contributed by atoms with Crippen molar-refractivity contribution in [2.45, 2.75) is 0 Å². The first kappa shape index (κ1) is 5.61. The zero-order chi connectivity index (χ0) is 6.85. The predicted octanol–water partition coefficient (Wildman–Crippen LogP) is -0.00860. The van der Waals surface area contributed by atoms with Gasteiger partial charge in [-0.25, -0.2) is 4.79 Å². The molecule has 0 saturated heterocycles. The van der Waals surface area contributed by atoms with Crippen LogP contribution in [-0.2, 0) is 0 Å². The van der Waals surface area contributed by atoms with Crippen molar-refractivity contribution in [2.24, 2.45) is 0 Å². The Balaban J connectivity index is 2.98. The fraction of sp³-hybridized carbons (Fsp3) is 0. The molecular weight excluding hydrogens is 122 g/mol. The van der Waals surface area contributed by atoms with Crippen LogP contribution in [0.25, 0.3) is 0 Å². The van der Waals surface area contributed by atoms with Gasteiger partial charge in [0.1, 0.15) is 0 Å². The van der Waals surface area contributed by atoms with E-state index in [1.54, 1.807) is 0 Å². The first-order valence-electron chi connectivity index (χ1n) is 2.23. The van der Waals surface area contributed by atoms with Gasteiger partial charge in [0.05, 0.1) is 18.1 Å². The predicted molar refractivity (Wildman–Crippen MR) is 30.1 cm³/mol. The second-order valence-corrected chi connectivity index (χ2v) is 1.50. The van der Waals surface area contributed by atoms with E-state index in [0.717, 1.165) is 4.68 Å². The van der Waals surface area contributed by atoms with E-state index in [1.165, 1.54) is 12.4 Å². The first-order chi connectivity index (χ1) is 4.20. The van der Waals surface area contributed by atoms with Gasteiger partial charge in [-0.1, -0.05) is 0 Å². The standard InChI is InChI=1S/C4H5N3O2/c5-3-1-6-7(2-3)4(8)9/h1-2H,5H2,(H,8,9). The molecule has 9 heavy (non-hydrogen) atoms. The summed E-state index contributed by atoms with van der Waals surface area (Å²) in [5.74, 6) is 0. The Morgan fingerprint density at radius 2 is 2.56 bits per heavy atom. The molecule has 0 spiro atoms. The van der Waals surface area contributed by atoms with Gasteiger partial charge in [-0.05, 0) is 0 Å². The number of nitrogen functional groups attached to an aromatic ring is 1. The van der Waals surface area contributed by atoms with Crippen molar-refractivity contribution in [1.29, 1.82) is 0 Å². The third-order valence-electron chi connectivity index (χ3n) is 0.799. The summed E-state index contributed by atoms with van der Waals surface area (Å²) in [5, 5.41) is 11.7. The van der Waals surface area contributed by atoms with E-state index in [2.05, 4.69) is 5.10 Å². The van der Waals surface area contributed by atoms with E-state index in [4.69, 9.17) is 10.8 Å². The molecule has 1 rings (SSSR count). The lowest BCUT2D eigenvalue weighted by Gasteiger charge is -1.85. The quantitative estimate of drug-likeness (QED) is 0.513. The maximum atomic E-state index is 10.1. The van der Waals surface area contributed by atoms with Gasteiger partial charge in [-0.2, -0.15) is 9.78 Å². The molecule has 0 bridgehead atoms. The van der Waals surface area contributed by atoms with Crippen molar-refractivity contribution in [3.8, 4) is 0 Å². The van der Waals surface area contributed by atoms with Crippen LogP contribution in [0.15, 0.2) is 12.4 Å². The number of nitrogens with two attached hydrogens (primary N) is 1. The zero-order valence-corrected chi connectivity index (χ0v) is 4.48. The fourth-order valence-electron chi connectivity index (χ4n) is 0.441. The molecule has 5 nitrogen and oxygen atoms in total. The Bertz CT molecular complexity index is 229. The third kappa shape index (κ3) is 0.987. The summed E-state index contributed by atoms with van der Waals surface area (Å²) < 4.78 is 0.745. The summed E-state index contributed by atoms with van der Waals surface area (Å²) in [6.07, 6.45) is 1.36. The van der Waals surface area contributed by atoms with Gasteiger partial charge in [-0.3, -0.25) is 0 Å². The Morgan fingerprint density at radius 1 is 1.89 bits per heavy atom. The topological polar surface area (TPSA) is 81.1 Å². The third-order valence-corrected chi connectivity index (χ3v) is 0.799. The molecule has 5 heteroatoms. The molecule has 1 aromatic rings. The van der Waals surface area contributed by atoms with E-state index < -0.39 is 6.09 Å². The summed E-state index contributed by atoms with van der Waals surface area (Å²) >= 11 is 0. The van der Waals surface area contributed by atoms with E-state index in [1.807, 2.05) is 0 Å². The van der Waals surface area contributed by atoms with Crippen LogP contribution in [0.5, 0.6) is 0 Å². The number of carbonyl (C=O) groups is 1. The molecule has 0 atom stereocenters. The molecule has 0 aromatic carbocycles. The second kappa shape index (κ2) is 1.77. The summed E-state index contributed by atoms with van der Waals surface area (Å²) in [6.45, 7) is 0. The number of nitrogens with zero attached hydrogens (tertiary/aromatic N) is 2. The normalized spacial score (nSPS) is 9.33. The average molecular weight is 127 g/mol. The van der Waals surface area contributed by atoms with Crippen molar-refractivity contribution in [3.63, 3.8) is 0 Å². The van der Waals surface area contributed by atoms with Gasteiger partial charge < -0.3 is 10.8 Å². The van der Waals surface area contributed by atoms with E-state index in [0.29, 0.717) is 5.69 Å². The minimum absolute atomic E-state index is 0.345. The molecule has 48 valence electrons. The molecule has 0 unspecified atom stereocenters. The minimum atomic E-state index is -1.13. The van der Waals surface area contributed by atoms with Crippen LogP contribution < -0.4 is 5.73 Å². The lowest BCUT2D eigenvalue weighted by atomic mass is 10.6. The van der Waals surface area contributed by atoms with Gasteiger partial charge in [0, 0.05) is 0 Å². The zero-order valence-electron chi connectivity index (χ0n) is 4.48. The Kier molecular flexibility index (Phi) is 1.11. The van der Waals surface area contributed by atoms with Crippen LogP contribution in [0.1, 0.15) is 0 Å². The van der Waals surface area contributed by atoms with Gasteiger partial charge in [0.15, 0.2) is 0 Å². The number of rotatable bonds is 0. The molecule has 0 radical (unpaired) electrons. The summed E-state index contributed by atoms with van der Waals surface area (Å²) in [5.41, 5.74) is 5.51. The molecule has 3 N–H and O–H groups in total. The van der Waals surface area contributed by atoms with Gasteiger partial charge >= 0.3 is 6.09 Å². The SMILES string of the molecule is Nc1cnn(C(=O)O)c1. The van der Waals surface area contributed by atoms with Gasteiger partial charge in [0.2, 0.25) is 0 Å². The largest absolute Gasteiger partial charge is 0.463 e. The van der Waals surface area contributed by atoms with Crippen molar-refractivity contribution >= 4 is 11.8 Å². The van der Waals surface area contributed by atoms with E-state index >= 15 is 0 Å². The molecular formula is C4H5N3O2. The highest BCUT2D eigenvalue weighted by molar-refractivity contribution is 5.67. The Hall–Kier alpha value is -1.52. The van der Waals surface area contributed by atoms with Crippen LogP contribution in [0.4, 0.5) is 10.5 Å². The van der Waals surface area contributed by atoms with Crippen LogP contribution >= 0.6 is 0 Å². The van der Waals surface area contributed by atoms with Crippen molar-refractivity contribution < 1.29 is 9.90 Å². The van der Waals surface area contributed by atoms with Crippen LogP contribution in [-0.4, -0.2) is 21.0 Å². The molecule has 0 fully saturated rings. The lowest BCUT2D eigenvalue weighted by Crippen LogP contribution is -2.07. The van der Waals surface area contributed by atoms with Crippen LogP contribution in [0, 0.1) is 0 Å². The monoisotopic (exact) mass is 127 g/mol. The highest BCUT2D eigenvalue weighted by Crippen LogP contribution is 1.95. The van der Waals surface area contributed by atoms with Gasteiger partial charge in [0.25, 0.3) is 0 Å². The number of carboxylic acid groups (broad SMARTS) is 1. The highest BCUT2D eigenvalue weighted by atomic mass is 16.4. The molecule has 0 amide bonds. The summed E-state index contributed by atoms with van der Waals surface area (Å²) in [4.78, 5) is 10.1. The lowest BCUT2D eigenvalue weighted by molar-refractivity contribution is 0.192. The number of hydrogen-bond donors (Lipinski definition) is 2. The molecule has 0 aliphatic heterocycles. The minimum Gasteiger partial charge on any atom is -0.463 e. The van der Waals surface area contributed by atoms with Crippen LogP contribution in [0.3, 0.4) is 0 Å².